The van der Waals surface area contributed by atoms with Crippen molar-refractivity contribution < 1.29 is 14.4 Å². The quantitative estimate of drug-likeness (QED) is 0.568. The van der Waals surface area contributed by atoms with Crippen LogP contribution < -0.4 is 10.6 Å². The number of amides is 3. The van der Waals surface area contributed by atoms with E-state index in [9.17, 15) is 14.4 Å². The molecule has 2 aromatic rings. The Kier molecular flexibility index (Phi) is 6.74. The van der Waals surface area contributed by atoms with Crippen LogP contribution in [-0.2, 0) is 34.5 Å². The third-order valence-electron chi connectivity index (χ3n) is 8.44. The van der Waals surface area contributed by atoms with Gasteiger partial charge in [0.05, 0.1) is 0 Å². The fourth-order valence-electron chi connectivity index (χ4n) is 6.53. The largest absolute Gasteiger partial charge is 0.322 e. The monoisotopic (exact) mass is 473 g/mol. The molecule has 6 heteroatoms. The van der Waals surface area contributed by atoms with Gasteiger partial charge < -0.3 is 10.2 Å². The van der Waals surface area contributed by atoms with Crippen LogP contribution >= 0.6 is 0 Å². The van der Waals surface area contributed by atoms with E-state index in [4.69, 9.17) is 0 Å². The van der Waals surface area contributed by atoms with Crippen molar-refractivity contribution in [2.24, 2.45) is 0 Å². The molecule has 1 atom stereocenters. The van der Waals surface area contributed by atoms with E-state index in [1.54, 1.807) is 16.0 Å². The number of benzene rings is 2. The van der Waals surface area contributed by atoms with E-state index >= 15 is 0 Å². The minimum Gasteiger partial charge on any atom is -0.322 e. The van der Waals surface area contributed by atoms with Gasteiger partial charge in [-0.05, 0) is 78.7 Å². The lowest BCUT2D eigenvalue weighted by atomic mass is 9.69. The maximum atomic E-state index is 13.0. The van der Waals surface area contributed by atoms with Crippen molar-refractivity contribution in [1.82, 2.24) is 15.5 Å². The molecular weight excluding hydrogens is 438 g/mol. The summed E-state index contributed by atoms with van der Waals surface area (Å²) in [5.41, 5.74) is 6.30. The lowest BCUT2D eigenvalue weighted by molar-refractivity contribution is -0.129. The first-order chi connectivity index (χ1) is 17.0. The second kappa shape index (κ2) is 9.94. The van der Waals surface area contributed by atoms with E-state index in [0.717, 1.165) is 24.1 Å². The number of rotatable bonds is 8. The molecule has 2 aromatic carbocycles. The normalized spacial score (nSPS) is 23.7. The summed E-state index contributed by atoms with van der Waals surface area (Å²) in [5.74, 6) is -0.543. The summed E-state index contributed by atoms with van der Waals surface area (Å²) in [6, 6.07) is 14.9. The maximum Gasteiger partial charge on any atom is 0.255 e. The highest BCUT2D eigenvalue weighted by Crippen LogP contribution is 2.48. The minimum atomic E-state index is -0.623. The van der Waals surface area contributed by atoms with Crippen molar-refractivity contribution in [2.45, 2.75) is 88.9 Å². The third-order valence-corrected chi connectivity index (χ3v) is 8.44. The first-order valence-corrected chi connectivity index (χ1v) is 13.0. The summed E-state index contributed by atoms with van der Waals surface area (Å²) in [6.07, 6.45) is 9.05. The molecule has 35 heavy (non-hydrogen) atoms. The number of imide groups is 1. The Bertz CT molecular complexity index is 1120. The van der Waals surface area contributed by atoms with Crippen LogP contribution in [0.1, 0.15) is 84.5 Å². The second-order valence-corrected chi connectivity index (χ2v) is 10.4. The van der Waals surface area contributed by atoms with E-state index in [0.29, 0.717) is 36.4 Å². The molecule has 6 nitrogen and oxygen atoms in total. The van der Waals surface area contributed by atoms with Crippen LogP contribution in [0.5, 0.6) is 0 Å². The van der Waals surface area contributed by atoms with E-state index in [2.05, 4.69) is 41.0 Å². The lowest BCUT2D eigenvalue weighted by Gasteiger charge is -2.38. The molecule has 184 valence electrons. The number of nitrogens with one attached hydrogen (secondary N) is 2. The van der Waals surface area contributed by atoms with E-state index in [1.807, 2.05) is 19.1 Å². The van der Waals surface area contributed by atoms with Gasteiger partial charge in [0.25, 0.3) is 5.91 Å². The van der Waals surface area contributed by atoms with Gasteiger partial charge in [0.1, 0.15) is 6.04 Å². The Balaban J connectivity index is 1.19. The summed E-state index contributed by atoms with van der Waals surface area (Å²) >= 11 is 0. The summed E-state index contributed by atoms with van der Waals surface area (Å²) in [4.78, 5) is 37.7. The first-order valence-electron chi connectivity index (χ1n) is 13.0. The number of hydrogen-bond donors (Lipinski definition) is 2. The highest BCUT2D eigenvalue weighted by Gasteiger charge is 2.41. The van der Waals surface area contributed by atoms with Crippen LogP contribution in [-0.4, -0.2) is 35.2 Å². The van der Waals surface area contributed by atoms with E-state index < -0.39 is 11.9 Å². The van der Waals surface area contributed by atoms with Gasteiger partial charge in [0.15, 0.2) is 0 Å². The van der Waals surface area contributed by atoms with Crippen LogP contribution in [0.4, 0.5) is 0 Å². The molecule has 3 aliphatic rings. The molecule has 3 amide bonds. The molecule has 2 aliphatic carbocycles. The number of carbonyl (C=O) groups excluding carboxylic acids is 3. The molecule has 2 N–H and O–H groups in total. The number of fused-ring (bicyclic) bond motifs is 3. The zero-order valence-electron chi connectivity index (χ0n) is 20.5. The number of hydrogen-bond acceptors (Lipinski definition) is 4. The van der Waals surface area contributed by atoms with Gasteiger partial charge >= 0.3 is 0 Å². The van der Waals surface area contributed by atoms with Crippen LogP contribution in [0, 0.1) is 0 Å². The van der Waals surface area contributed by atoms with Crippen molar-refractivity contribution in [2.75, 3.05) is 0 Å². The Hall–Kier alpha value is -2.99. The molecule has 0 saturated heterocycles. The van der Waals surface area contributed by atoms with Crippen LogP contribution in [0.15, 0.2) is 42.5 Å². The molecule has 5 rings (SSSR count). The Morgan fingerprint density at radius 3 is 2.71 bits per heavy atom. The molecule has 1 heterocycles. The molecule has 1 saturated carbocycles. The lowest BCUT2D eigenvalue weighted by Crippen LogP contribution is -2.46. The summed E-state index contributed by atoms with van der Waals surface area (Å²) in [7, 11) is 0. The van der Waals surface area contributed by atoms with E-state index in [1.165, 1.54) is 38.5 Å². The molecule has 1 fully saturated rings. The molecular formula is C29H35N3O3. The highest BCUT2D eigenvalue weighted by atomic mass is 16.2. The summed E-state index contributed by atoms with van der Waals surface area (Å²) < 4.78 is 0. The number of nitrogens with zero attached hydrogens (tertiary/aromatic N) is 1. The minimum absolute atomic E-state index is 0.131. The molecule has 0 aromatic heterocycles. The van der Waals surface area contributed by atoms with E-state index in [-0.39, 0.29) is 5.91 Å². The molecule has 1 aliphatic heterocycles. The average Bonchev–Trinajstić information content (AvgIpc) is 3.40. The first kappa shape index (κ1) is 23.7. The van der Waals surface area contributed by atoms with Gasteiger partial charge in [-0.3, -0.25) is 19.7 Å². The molecule has 0 bridgehead atoms. The third kappa shape index (κ3) is 4.52. The van der Waals surface area contributed by atoms with Gasteiger partial charge in [-0.1, -0.05) is 49.7 Å². The smallest absolute Gasteiger partial charge is 0.255 e. The Morgan fingerprint density at radius 2 is 1.94 bits per heavy atom. The fourth-order valence-corrected chi connectivity index (χ4v) is 6.53. The van der Waals surface area contributed by atoms with Crippen molar-refractivity contribution in [1.29, 1.82) is 0 Å². The number of aryl methyl sites for hydroxylation is 1. The average molecular weight is 474 g/mol. The standard InChI is InChI=1S/C29H35N3O3/c1-2-5-26(27(34)31-19-33)32-18-22-16-20(8-9-24(22)28(32)35)17-30-23-11-14-29(15-12-23)13-10-21-6-3-4-7-25(21)29/h3-4,6-9,16,19,23,26,30H,2,5,10-15,17-18H2,1H3,(H,31,33,34). The van der Waals surface area contributed by atoms with Gasteiger partial charge in [-0.15, -0.1) is 0 Å². The van der Waals surface area contributed by atoms with Crippen LogP contribution in [0.3, 0.4) is 0 Å². The zero-order valence-corrected chi connectivity index (χ0v) is 20.5. The van der Waals surface area contributed by atoms with Crippen molar-refractivity contribution in [3.05, 3.63) is 70.3 Å². The molecule has 1 spiro atoms. The van der Waals surface area contributed by atoms with Gasteiger partial charge in [0, 0.05) is 24.7 Å². The van der Waals surface area contributed by atoms with Crippen LogP contribution in [0.25, 0.3) is 0 Å². The van der Waals surface area contributed by atoms with Gasteiger partial charge in [0.2, 0.25) is 12.3 Å². The molecule has 1 unspecified atom stereocenters. The van der Waals surface area contributed by atoms with Crippen LogP contribution in [0.2, 0.25) is 0 Å². The van der Waals surface area contributed by atoms with Crippen molar-refractivity contribution in [3.8, 4) is 0 Å². The second-order valence-electron chi connectivity index (χ2n) is 10.4. The van der Waals surface area contributed by atoms with Crippen molar-refractivity contribution >= 4 is 18.2 Å². The predicted molar refractivity (Wildman–Crippen MR) is 135 cm³/mol. The zero-order chi connectivity index (χ0) is 24.4. The molecule has 0 radical (unpaired) electrons. The van der Waals surface area contributed by atoms with Gasteiger partial charge in [-0.25, -0.2) is 0 Å². The number of carbonyl (C=O) groups is 3. The predicted octanol–water partition coefficient (Wildman–Crippen LogP) is 4.00. The maximum absolute atomic E-state index is 13.0. The topological polar surface area (TPSA) is 78.5 Å². The summed E-state index contributed by atoms with van der Waals surface area (Å²) in [6.45, 7) is 3.15. The Morgan fingerprint density at radius 1 is 1.14 bits per heavy atom. The summed E-state index contributed by atoms with van der Waals surface area (Å²) in [5, 5.41) is 5.98. The SMILES string of the molecule is CCCC(C(=O)NC=O)N1Cc2cc(CNC3CCC4(CCc5ccccc54)CC3)ccc2C1=O. The van der Waals surface area contributed by atoms with Gasteiger partial charge in [-0.2, -0.15) is 0 Å². The fraction of sp³-hybridized carbons (Fsp3) is 0.483. The Labute approximate surface area is 207 Å². The highest BCUT2D eigenvalue weighted by molar-refractivity contribution is 6.02. The van der Waals surface area contributed by atoms with Crippen molar-refractivity contribution in [3.63, 3.8) is 0 Å².